The van der Waals surface area contributed by atoms with Gasteiger partial charge in [0.1, 0.15) is 12.4 Å². The molecule has 0 fully saturated rings. The average Bonchev–Trinajstić information content (AvgIpc) is 3.13. The van der Waals surface area contributed by atoms with E-state index < -0.39 is 17.4 Å². The first-order valence-corrected chi connectivity index (χ1v) is 9.61. The van der Waals surface area contributed by atoms with Crippen LogP contribution in [0.2, 0.25) is 5.02 Å². The second-order valence-electron chi connectivity index (χ2n) is 6.67. The Kier molecular flexibility index (Phi) is 5.55. The predicted molar refractivity (Wildman–Crippen MR) is 113 cm³/mol. The van der Waals surface area contributed by atoms with Crippen LogP contribution in [0.25, 0.3) is 5.65 Å². The number of carbonyl (C=O) groups is 2. The Hall–Kier alpha value is -3.91. The number of esters is 1. The maximum Gasteiger partial charge on any atom is 0.340 e. The Morgan fingerprint density at radius 1 is 1.13 bits per heavy atom. The highest BCUT2D eigenvalue weighted by atomic mass is 35.5. The van der Waals surface area contributed by atoms with Gasteiger partial charge >= 0.3 is 5.97 Å². The zero-order valence-electron chi connectivity index (χ0n) is 16.3. The number of amides is 1. The second-order valence-corrected chi connectivity index (χ2v) is 7.10. The van der Waals surface area contributed by atoms with Gasteiger partial charge in [-0.3, -0.25) is 9.59 Å². The summed E-state index contributed by atoms with van der Waals surface area (Å²) in [5.74, 6) is -0.533. The van der Waals surface area contributed by atoms with Gasteiger partial charge in [0.2, 0.25) is 0 Å². The molecule has 2 aromatic carbocycles. The fraction of sp³-hybridized carbons (Fsp3) is 0.0909. The Balaban J connectivity index is 1.50. The number of aromatic nitrogens is 2. The highest BCUT2D eigenvalue weighted by Gasteiger charge is 2.16. The van der Waals surface area contributed by atoms with Gasteiger partial charge in [-0.2, -0.15) is 0 Å². The van der Waals surface area contributed by atoms with E-state index in [0.717, 1.165) is 4.57 Å². The number of nitrogens with one attached hydrogen (secondary N) is 1. The summed E-state index contributed by atoms with van der Waals surface area (Å²) in [6, 6.07) is 15.7. The maximum atomic E-state index is 12.6. The van der Waals surface area contributed by atoms with Crippen LogP contribution in [0.4, 0.5) is 5.69 Å². The zero-order valence-corrected chi connectivity index (χ0v) is 17.1. The molecule has 4 rings (SSSR count). The summed E-state index contributed by atoms with van der Waals surface area (Å²) in [5.41, 5.74) is 1.04. The number of carbonyl (C=O) groups excluding carboxylic acids is 2. The van der Waals surface area contributed by atoms with Crippen LogP contribution in [0.5, 0.6) is 0 Å². The molecule has 8 nitrogen and oxygen atoms in total. The van der Waals surface area contributed by atoms with Gasteiger partial charge in [-0.05, 0) is 43.3 Å². The molecule has 31 heavy (non-hydrogen) atoms. The number of hydrogen-bond acceptors (Lipinski definition) is 6. The van der Waals surface area contributed by atoms with E-state index in [2.05, 4.69) is 10.3 Å². The Bertz CT molecular complexity index is 1340. The van der Waals surface area contributed by atoms with E-state index >= 15 is 0 Å². The molecule has 156 valence electrons. The van der Waals surface area contributed by atoms with E-state index in [9.17, 15) is 14.4 Å². The molecule has 1 amide bonds. The Morgan fingerprint density at radius 3 is 2.65 bits per heavy atom. The molecule has 0 aliphatic rings. The third-order valence-electron chi connectivity index (χ3n) is 4.38. The third kappa shape index (κ3) is 4.49. The van der Waals surface area contributed by atoms with Crippen LogP contribution >= 0.6 is 11.6 Å². The molecule has 0 aliphatic heterocycles. The lowest BCUT2D eigenvalue weighted by Gasteiger charge is -2.11. The van der Waals surface area contributed by atoms with Crippen LogP contribution in [0, 0.1) is 6.92 Å². The van der Waals surface area contributed by atoms with Crippen LogP contribution in [0.15, 0.2) is 70.0 Å². The first-order valence-electron chi connectivity index (χ1n) is 9.23. The van der Waals surface area contributed by atoms with Crippen molar-refractivity contribution < 1.29 is 18.8 Å². The minimum atomic E-state index is -0.669. The third-order valence-corrected chi connectivity index (χ3v) is 4.63. The summed E-state index contributed by atoms with van der Waals surface area (Å²) in [6.07, 6.45) is 0. The topological polar surface area (TPSA) is 103 Å². The van der Waals surface area contributed by atoms with Crippen molar-refractivity contribution in [1.82, 2.24) is 9.56 Å². The fourth-order valence-corrected chi connectivity index (χ4v) is 3.06. The van der Waals surface area contributed by atoms with Crippen molar-refractivity contribution in [2.24, 2.45) is 0 Å². The molecule has 0 saturated heterocycles. The number of benzene rings is 2. The quantitative estimate of drug-likeness (QED) is 0.475. The Labute approximate surface area is 181 Å². The number of anilines is 1. The van der Waals surface area contributed by atoms with Crippen LogP contribution in [-0.4, -0.2) is 21.4 Å². The summed E-state index contributed by atoms with van der Waals surface area (Å²) in [6.45, 7) is 1.48. The molecule has 0 saturated carbocycles. The molecule has 0 spiro atoms. The van der Waals surface area contributed by atoms with E-state index in [1.807, 2.05) is 0 Å². The first-order chi connectivity index (χ1) is 14.9. The van der Waals surface area contributed by atoms with Gasteiger partial charge in [0.05, 0.1) is 16.9 Å². The lowest BCUT2D eigenvalue weighted by atomic mass is 10.1. The van der Waals surface area contributed by atoms with E-state index in [4.69, 9.17) is 20.9 Å². The number of halogens is 1. The summed E-state index contributed by atoms with van der Waals surface area (Å²) in [7, 11) is 0. The molecule has 0 radical (unpaired) electrons. The number of para-hydroxylation sites is 1. The number of fused-ring (bicyclic) bond motifs is 1. The largest absolute Gasteiger partial charge is 0.456 e. The van der Waals surface area contributed by atoms with Gasteiger partial charge in [-0.15, -0.1) is 4.57 Å². The first kappa shape index (κ1) is 20.4. The number of nitrogens with zero attached hydrogens (tertiary/aromatic N) is 2. The highest BCUT2D eigenvalue weighted by molar-refractivity contribution is 6.30. The van der Waals surface area contributed by atoms with Gasteiger partial charge < -0.3 is 14.6 Å². The molecule has 1 N–H and O–H groups in total. The van der Waals surface area contributed by atoms with E-state index in [0.29, 0.717) is 27.7 Å². The van der Waals surface area contributed by atoms with Gasteiger partial charge in [0, 0.05) is 22.7 Å². The molecule has 0 atom stereocenters. The second kappa shape index (κ2) is 8.45. The molecule has 4 aromatic rings. The monoisotopic (exact) mass is 437 g/mol. The molecule has 9 heteroatoms. The predicted octanol–water partition coefficient (Wildman–Crippen LogP) is 3.86. The summed E-state index contributed by atoms with van der Waals surface area (Å²) >= 11 is 5.85. The standard InChI is InChI=1S/C22H16ClN3O5/c1-13-10-19-24-16(11-20(27)26(19)31-13)12-30-22(29)17-4-2-3-5-18(17)25-21(28)14-6-8-15(23)9-7-14/h2-11H,12H2,1H3,(H,25,28). The lowest BCUT2D eigenvalue weighted by molar-refractivity contribution is 0.0469. The van der Waals surface area contributed by atoms with E-state index in [-0.39, 0.29) is 17.9 Å². The SMILES string of the molecule is Cc1cc2nc(COC(=O)c3ccccc3NC(=O)c3ccc(Cl)cc3)cc(=O)n2o1. The molecular weight excluding hydrogens is 422 g/mol. The number of aryl methyl sites for hydroxylation is 1. The number of ether oxygens (including phenoxy) is 1. The van der Waals surface area contributed by atoms with Crippen molar-refractivity contribution in [2.75, 3.05) is 5.32 Å². The van der Waals surface area contributed by atoms with Crippen LogP contribution in [0.1, 0.15) is 32.2 Å². The van der Waals surface area contributed by atoms with Crippen LogP contribution < -0.4 is 10.9 Å². The molecular formula is C22H16ClN3O5. The number of hydrogen-bond donors (Lipinski definition) is 1. The molecule has 0 bridgehead atoms. The van der Waals surface area contributed by atoms with Crippen LogP contribution in [-0.2, 0) is 11.3 Å². The van der Waals surface area contributed by atoms with Crippen molar-refractivity contribution in [3.05, 3.63) is 98.6 Å². The van der Waals surface area contributed by atoms with Crippen molar-refractivity contribution in [3.63, 3.8) is 0 Å². The average molecular weight is 438 g/mol. The maximum absolute atomic E-state index is 12.6. The van der Waals surface area contributed by atoms with Gasteiger partial charge in [0.25, 0.3) is 11.5 Å². The van der Waals surface area contributed by atoms with Gasteiger partial charge in [-0.25, -0.2) is 9.78 Å². The summed E-state index contributed by atoms with van der Waals surface area (Å²) < 4.78 is 11.6. The summed E-state index contributed by atoms with van der Waals surface area (Å²) in [5, 5.41) is 3.21. The van der Waals surface area contributed by atoms with Crippen molar-refractivity contribution >= 4 is 34.8 Å². The van der Waals surface area contributed by atoms with Gasteiger partial charge in [0.15, 0.2) is 5.65 Å². The van der Waals surface area contributed by atoms with Crippen LogP contribution in [0.3, 0.4) is 0 Å². The molecule has 0 unspecified atom stereocenters. The molecule has 0 aliphatic carbocycles. The zero-order chi connectivity index (χ0) is 22.0. The molecule has 2 heterocycles. The minimum absolute atomic E-state index is 0.168. The molecule has 2 aromatic heterocycles. The normalized spacial score (nSPS) is 10.8. The van der Waals surface area contributed by atoms with Crippen molar-refractivity contribution in [1.29, 1.82) is 0 Å². The summed E-state index contributed by atoms with van der Waals surface area (Å²) in [4.78, 5) is 41.5. The van der Waals surface area contributed by atoms with Crippen molar-refractivity contribution in [2.45, 2.75) is 13.5 Å². The number of rotatable bonds is 5. The lowest BCUT2D eigenvalue weighted by Crippen LogP contribution is -2.17. The minimum Gasteiger partial charge on any atom is -0.456 e. The van der Waals surface area contributed by atoms with Gasteiger partial charge in [-0.1, -0.05) is 23.7 Å². The van der Waals surface area contributed by atoms with E-state index in [1.54, 1.807) is 55.5 Å². The van der Waals surface area contributed by atoms with Crippen molar-refractivity contribution in [3.8, 4) is 0 Å². The fourth-order valence-electron chi connectivity index (χ4n) is 2.93. The highest BCUT2D eigenvalue weighted by Crippen LogP contribution is 2.19. The smallest absolute Gasteiger partial charge is 0.340 e. The van der Waals surface area contributed by atoms with E-state index in [1.165, 1.54) is 12.1 Å². The Morgan fingerprint density at radius 2 is 1.87 bits per heavy atom.